The number of nitrogens with zero attached hydrogens (tertiary/aromatic N) is 2. The van der Waals surface area contributed by atoms with E-state index in [-0.39, 0.29) is 12.0 Å². The molecule has 0 radical (unpaired) electrons. The number of methoxy groups -OCH3 is 1. The number of esters is 1. The number of fused-ring (bicyclic) bond motifs is 1. The summed E-state index contributed by atoms with van der Waals surface area (Å²) in [6.07, 6.45) is 2.61. The second-order valence-electron chi connectivity index (χ2n) is 6.41. The molecule has 2 aromatic carbocycles. The van der Waals surface area contributed by atoms with Gasteiger partial charge in [-0.15, -0.1) is 11.3 Å². The van der Waals surface area contributed by atoms with Crippen molar-refractivity contribution in [3.8, 4) is 10.6 Å². The molecule has 1 aliphatic heterocycles. The summed E-state index contributed by atoms with van der Waals surface area (Å²) in [4.78, 5) is 20.2. The van der Waals surface area contributed by atoms with Gasteiger partial charge in [-0.25, -0.2) is 4.98 Å². The summed E-state index contributed by atoms with van der Waals surface area (Å²) < 4.78 is 5.05. The summed E-state index contributed by atoms with van der Waals surface area (Å²) >= 11 is 1.68. The van der Waals surface area contributed by atoms with Gasteiger partial charge >= 0.3 is 5.97 Å². The zero-order chi connectivity index (χ0) is 17.9. The first-order chi connectivity index (χ1) is 12.7. The summed E-state index contributed by atoms with van der Waals surface area (Å²) in [6.45, 7) is 1.44. The van der Waals surface area contributed by atoms with E-state index in [2.05, 4.69) is 40.2 Å². The number of carbonyl (C=O) groups is 1. The zero-order valence-electron chi connectivity index (χ0n) is 14.6. The first kappa shape index (κ1) is 16.9. The van der Waals surface area contributed by atoms with E-state index in [4.69, 9.17) is 4.74 Å². The first-order valence-corrected chi connectivity index (χ1v) is 9.45. The lowest BCUT2D eigenvalue weighted by atomic mass is 9.94. The monoisotopic (exact) mass is 364 g/mol. The van der Waals surface area contributed by atoms with Crippen LogP contribution in [0.2, 0.25) is 0 Å². The lowest BCUT2D eigenvalue weighted by Crippen LogP contribution is -2.45. The number of aromatic nitrogens is 1. The van der Waals surface area contributed by atoms with E-state index < -0.39 is 0 Å². The number of hydrogen-bond donors (Lipinski definition) is 0. The zero-order valence-corrected chi connectivity index (χ0v) is 15.4. The Hall–Kier alpha value is -2.50. The second kappa shape index (κ2) is 7.40. The fraction of sp³-hybridized carbons (Fsp3) is 0.238. The van der Waals surface area contributed by atoms with E-state index >= 15 is 0 Å². The van der Waals surface area contributed by atoms with Crippen LogP contribution in [-0.2, 0) is 29.0 Å². The number of benzene rings is 2. The largest absolute Gasteiger partial charge is 0.468 e. The third-order valence-corrected chi connectivity index (χ3v) is 5.78. The van der Waals surface area contributed by atoms with Gasteiger partial charge in [-0.3, -0.25) is 9.69 Å². The molecule has 26 heavy (non-hydrogen) atoms. The van der Waals surface area contributed by atoms with Gasteiger partial charge in [-0.05, 0) is 17.5 Å². The Morgan fingerprint density at radius 2 is 1.88 bits per heavy atom. The third-order valence-electron chi connectivity index (χ3n) is 4.75. The van der Waals surface area contributed by atoms with Crippen LogP contribution in [0.5, 0.6) is 0 Å². The summed E-state index contributed by atoms with van der Waals surface area (Å²) in [5.74, 6) is -0.174. The van der Waals surface area contributed by atoms with Crippen LogP contribution in [0.3, 0.4) is 0 Å². The molecule has 4 rings (SSSR count). The van der Waals surface area contributed by atoms with Crippen molar-refractivity contribution in [3.05, 3.63) is 76.8 Å². The second-order valence-corrected chi connectivity index (χ2v) is 7.53. The maximum Gasteiger partial charge on any atom is 0.323 e. The molecular weight excluding hydrogens is 344 g/mol. The van der Waals surface area contributed by atoms with Crippen LogP contribution < -0.4 is 0 Å². The molecule has 1 aromatic heterocycles. The molecule has 1 unspecified atom stereocenters. The molecular formula is C21H20N2O2S. The molecule has 4 nitrogen and oxygen atoms in total. The molecule has 0 fully saturated rings. The average Bonchev–Trinajstić information content (AvgIpc) is 3.16. The minimum atomic E-state index is -0.253. The molecule has 5 heteroatoms. The average molecular weight is 364 g/mol. The number of rotatable bonds is 4. The van der Waals surface area contributed by atoms with Crippen LogP contribution in [-0.4, -0.2) is 29.0 Å². The predicted octanol–water partition coefficient (Wildman–Crippen LogP) is 3.91. The first-order valence-electron chi connectivity index (χ1n) is 8.63. The molecule has 1 atom stereocenters. The van der Waals surface area contributed by atoms with Gasteiger partial charge in [0.1, 0.15) is 11.0 Å². The molecule has 0 saturated carbocycles. The number of hydrogen-bond acceptors (Lipinski definition) is 5. The van der Waals surface area contributed by atoms with Crippen molar-refractivity contribution in [2.24, 2.45) is 0 Å². The molecule has 3 aromatic rings. The lowest BCUT2D eigenvalue weighted by Gasteiger charge is -2.34. The highest BCUT2D eigenvalue weighted by Gasteiger charge is 2.32. The van der Waals surface area contributed by atoms with Crippen molar-refractivity contribution in [1.29, 1.82) is 0 Å². The Morgan fingerprint density at radius 1 is 1.15 bits per heavy atom. The van der Waals surface area contributed by atoms with Crippen LogP contribution in [0.4, 0.5) is 0 Å². The highest BCUT2D eigenvalue weighted by Crippen LogP contribution is 2.29. The van der Waals surface area contributed by atoms with E-state index in [1.165, 1.54) is 18.2 Å². The molecule has 0 spiro atoms. The Kier molecular flexibility index (Phi) is 4.82. The Balaban J connectivity index is 1.58. The van der Waals surface area contributed by atoms with Gasteiger partial charge < -0.3 is 4.74 Å². The van der Waals surface area contributed by atoms with Crippen LogP contribution in [0.25, 0.3) is 10.6 Å². The molecule has 132 valence electrons. The van der Waals surface area contributed by atoms with Crippen LogP contribution in [0.15, 0.2) is 60.8 Å². The molecule has 0 bridgehead atoms. The van der Waals surface area contributed by atoms with E-state index in [9.17, 15) is 4.79 Å². The van der Waals surface area contributed by atoms with Gasteiger partial charge in [0.25, 0.3) is 0 Å². The highest BCUT2D eigenvalue weighted by molar-refractivity contribution is 7.15. The van der Waals surface area contributed by atoms with Crippen molar-refractivity contribution in [2.45, 2.75) is 25.6 Å². The van der Waals surface area contributed by atoms with Crippen molar-refractivity contribution < 1.29 is 9.53 Å². The standard InChI is InChI=1S/C21H20N2O2S/c1-25-21(24)19-11-16-9-5-6-10-17(16)13-23(19)14-18-12-22-20(26-18)15-7-3-2-4-8-15/h2-10,12,19H,11,13-14H2,1H3. The molecule has 0 aliphatic carbocycles. The third kappa shape index (κ3) is 3.41. The van der Waals surface area contributed by atoms with Crippen LogP contribution in [0.1, 0.15) is 16.0 Å². The smallest absolute Gasteiger partial charge is 0.323 e. The van der Waals surface area contributed by atoms with E-state index in [1.54, 1.807) is 11.3 Å². The highest BCUT2D eigenvalue weighted by atomic mass is 32.1. The quantitative estimate of drug-likeness (QED) is 0.658. The number of carbonyl (C=O) groups excluding carboxylic acids is 1. The van der Waals surface area contributed by atoms with Crippen molar-refractivity contribution >= 4 is 17.3 Å². The predicted molar refractivity (Wildman–Crippen MR) is 103 cm³/mol. The SMILES string of the molecule is COC(=O)C1Cc2ccccc2CN1Cc1cnc(-c2ccccc2)s1. The minimum absolute atomic E-state index is 0.174. The van der Waals surface area contributed by atoms with E-state index in [0.717, 1.165) is 22.0 Å². The fourth-order valence-electron chi connectivity index (χ4n) is 3.41. The van der Waals surface area contributed by atoms with Gasteiger partial charge in [0.05, 0.1) is 7.11 Å². The number of ether oxygens (including phenoxy) is 1. The van der Waals surface area contributed by atoms with E-state index in [0.29, 0.717) is 13.0 Å². The normalized spacial score (nSPS) is 16.9. The number of thiazole rings is 1. The summed E-state index contributed by atoms with van der Waals surface area (Å²) in [5.41, 5.74) is 3.63. The molecule has 1 aliphatic rings. The van der Waals surface area contributed by atoms with Crippen molar-refractivity contribution in [3.63, 3.8) is 0 Å². The van der Waals surface area contributed by atoms with Gasteiger partial charge in [-0.1, -0.05) is 54.6 Å². The molecule has 0 amide bonds. The maximum absolute atomic E-state index is 12.3. The topological polar surface area (TPSA) is 42.4 Å². The fourth-order valence-corrected chi connectivity index (χ4v) is 4.35. The Bertz CT molecular complexity index is 907. The van der Waals surface area contributed by atoms with Gasteiger partial charge in [0, 0.05) is 29.7 Å². The summed E-state index contributed by atoms with van der Waals surface area (Å²) in [7, 11) is 1.46. The van der Waals surface area contributed by atoms with E-state index in [1.807, 2.05) is 30.5 Å². The van der Waals surface area contributed by atoms with Crippen LogP contribution in [0, 0.1) is 0 Å². The lowest BCUT2D eigenvalue weighted by molar-refractivity contribution is -0.147. The Labute approximate surface area is 157 Å². The van der Waals surface area contributed by atoms with Crippen molar-refractivity contribution in [1.82, 2.24) is 9.88 Å². The molecule has 2 heterocycles. The molecule has 0 saturated heterocycles. The Morgan fingerprint density at radius 3 is 2.65 bits per heavy atom. The molecule has 0 N–H and O–H groups in total. The van der Waals surface area contributed by atoms with Gasteiger partial charge in [-0.2, -0.15) is 0 Å². The maximum atomic E-state index is 12.3. The van der Waals surface area contributed by atoms with Gasteiger partial charge in [0.15, 0.2) is 0 Å². The minimum Gasteiger partial charge on any atom is -0.468 e. The summed E-state index contributed by atoms with van der Waals surface area (Å²) in [5, 5.41) is 1.01. The summed E-state index contributed by atoms with van der Waals surface area (Å²) in [6, 6.07) is 18.2. The van der Waals surface area contributed by atoms with Gasteiger partial charge in [0.2, 0.25) is 0 Å². The van der Waals surface area contributed by atoms with Crippen molar-refractivity contribution in [2.75, 3.05) is 7.11 Å². The van der Waals surface area contributed by atoms with Crippen LogP contribution >= 0.6 is 11.3 Å².